The number of aliphatic hydroxyl groups excluding tert-OH is 1. The first-order valence-electron chi connectivity index (χ1n) is 6.89. The quantitative estimate of drug-likeness (QED) is 0.918. The lowest BCUT2D eigenvalue weighted by molar-refractivity contribution is 0.0578. The summed E-state index contributed by atoms with van der Waals surface area (Å²) in [4.78, 5) is 15.2. The van der Waals surface area contributed by atoms with Crippen LogP contribution in [-0.4, -0.2) is 44.7 Å². The second-order valence-electron chi connectivity index (χ2n) is 5.30. The molecule has 0 aliphatic carbocycles. The van der Waals surface area contributed by atoms with Gasteiger partial charge in [0, 0.05) is 19.2 Å². The molecule has 1 aromatic rings. The number of rotatable bonds is 4. The summed E-state index contributed by atoms with van der Waals surface area (Å²) in [7, 11) is 0. The van der Waals surface area contributed by atoms with E-state index < -0.39 is 0 Å². The lowest BCUT2D eigenvalue weighted by Crippen LogP contribution is -2.44. The average molecular weight is 283 g/mol. The highest BCUT2D eigenvalue weighted by Crippen LogP contribution is 2.26. The number of nitrogens with zero attached hydrogens (tertiary/aromatic N) is 3. The van der Waals surface area contributed by atoms with E-state index >= 15 is 0 Å². The number of amides is 1. The minimum atomic E-state index is 0.0388. The first-order chi connectivity index (χ1) is 9.15. The summed E-state index contributed by atoms with van der Waals surface area (Å²) in [6.07, 6.45) is 3.81. The van der Waals surface area contributed by atoms with Crippen molar-refractivity contribution in [1.29, 1.82) is 0 Å². The molecular formula is C13H21N3O2S. The predicted octanol–water partition coefficient (Wildman–Crippen LogP) is 2.04. The van der Waals surface area contributed by atoms with Crippen molar-refractivity contribution in [3.05, 3.63) is 10.6 Å². The maximum absolute atomic E-state index is 12.6. The summed E-state index contributed by atoms with van der Waals surface area (Å²) in [6, 6.07) is 0.161. The number of likely N-dealkylation sites (tertiary alicyclic amines) is 1. The molecule has 0 radical (unpaired) electrons. The van der Waals surface area contributed by atoms with E-state index in [-0.39, 0.29) is 24.5 Å². The summed E-state index contributed by atoms with van der Waals surface area (Å²) in [5.41, 5.74) is 0.795. The molecule has 1 atom stereocenters. The average Bonchev–Trinajstić information content (AvgIpc) is 2.88. The van der Waals surface area contributed by atoms with Gasteiger partial charge in [0.1, 0.15) is 4.88 Å². The summed E-state index contributed by atoms with van der Waals surface area (Å²) in [5.74, 6) is 0.246. The Labute approximate surface area is 117 Å². The van der Waals surface area contributed by atoms with Gasteiger partial charge in [0.2, 0.25) is 0 Å². The SMILES string of the molecule is CC(C)c1nnsc1C(=O)N1CCCCC1CCO. The molecule has 0 saturated carbocycles. The van der Waals surface area contributed by atoms with Crippen LogP contribution < -0.4 is 0 Å². The maximum Gasteiger partial charge on any atom is 0.267 e. The summed E-state index contributed by atoms with van der Waals surface area (Å²) in [5, 5.41) is 13.2. The zero-order valence-corrected chi connectivity index (χ0v) is 12.3. The van der Waals surface area contributed by atoms with Crippen LogP contribution in [-0.2, 0) is 0 Å². The fourth-order valence-electron chi connectivity index (χ4n) is 2.57. The third kappa shape index (κ3) is 3.12. The zero-order chi connectivity index (χ0) is 13.8. The van der Waals surface area contributed by atoms with Crippen molar-refractivity contribution < 1.29 is 9.90 Å². The predicted molar refractivity (Wildman–Crippen MR) is 74.4 cm³/mol. The number of hydrogen-bond donors (Lipinski definition) is 1. The van der Waals surface area contributed by atoms with Gasteiger partial charge in [-0.1, -0.05) is 18.3 Å². The van der Waals surface area contributed by atoms with Crippen LogP contribution in [0, 0.1) is 0 Å². The molecule has 1 aromatic heterocycles. The topological polar surface area (TPSA) is 66.3 Å². The Hall–Kier alpha value is -1.01. The van der Waals surface area contributed by atoms with Gasteiger partial charge >= 0.3 is 0 Å². The Balaban J connectivity index is 2.19. The molecule has 0 bridgehead atoms. The number of carbonyl (C=O) groups excluding carboxylic acids is 1. The number of hydrogen-bond acceptors (Lipinski definition) is 5. The van der Waals surface area contributed by atoms with Crippen molar-refractivity contribution in [2.24, 2.45) is 0 Å². The standard InChI is InChI=1S/C13H21N3O2S/c1-9(2)11-12(19-15-14-11)13(18)16-7-4-3-5-10(16)6-8-17/h9-10,17H,3-8H2,1-2H3. The molecule has 2 heterocycles. The molecule has 5 nitrogen and oxygen atoms in total. The molecule has 1 fully saturated rings. The van der Waals surface area contributed by atoms with Crippen LogP contribution in [0.5, 0.6) is 0 Å². The molecule has 1 saturated heterocycles. The molecule has 1 aliphatic heterocycles. The first kappa shape index (κ1) is 14.4. The van der Waals surface area contributed by atoms with Gasteiger partial charge in [-0.05, 0) is 43.1 Å². The molecule has 1 amide bonds. The van der Waals surface area contributed by atoms with Crippen LogP contribution in [0.2, 0.25) is 0 Å². The van der Waals surface area contributed by atoms with Crippen molar-refractivity contribution in [2.75, 3.05) is 13.2 Å². The molecule has 1 unspecified atom stereocenters. The van der Waals surface area contributed by atoms with Crippen molar-refractivity contribution in [2.45, 2.75) is 51.5 Å². The van der Waals surface area contributed by atoms with Gasteiger partial charge in [0.15, 0.2) is 0 Å². The summed E-state index contributed by atoms with van der Waals surface area (Å²) in [6.45, 7) is 4.95. The Morgan fingerprint density at radius 3 is 3.00 bits per heavy atom. The summed E-state index contributed by atoms with van der Waals surface area (Å²) >= 11 is 1.18. The maximum atomic E-state index is 12.6. The van der Waals surface area contributed by atoms with Crippen LogP contribution in [0.15, 0.2) is 0 Å². The van der Waals surface area contributed by atoms with Crippen LogP contribution >= 0.6 is 11.5 Å². The monoisotopic (exact) mass is 283 g/mol. The van der Waals surface area contributed by atoms with Gasteiger partial charge in [-0.15, -0.1) is 5.10 Å². The van der Waals surface area contributed by atoms with Gasteiger partial charge < -0.3 is 10.0 Å². The fraction of sp³-hybridized carbons (Fsp3) is 0.769. The molecular weight excluding hydrogens is 262 g/mol. The van der Waals surface area contributed by atoms with Gasteiger partial charge in [-0.3, -0.25) is 4.79 Å². The van der Waals surface area contributed by atoms with Crippen LogP contribution in [0.25, 0.3) is 0 Å². The van der Waals surface area contributed by atoms with E-state index in [1.54, 1.807) is 0 Å². The first-order valence-corrected chi connectivity index (χ1v) is 7.66. The van der Waals surface area contributed by atoms with Crippen molar-refractivity contribution in [1.82, 2.24) is 14.5 Å². The molecule has 1 N–H and O–H groups in total. The Kier molecular flexibility index (Phi) is 4.87. The van der Waals surface area contributed by atoms with Crippen LogP contribution in [0.4, 0.5) is 0 Å². The minimum absolute atomic E-state index is 0.0388. The largest absolute Gasteiger partial charge is 0.396 e. The molecule has 2 rings (SSSR count). The second kappa shape index (κ2) is 6.43. The van der Waals surface area contributed by atoms with Crippen LogP contribution in [0.3, 0.4) is 0 Å². The third-order valence-corrected chi connectivity index (χ3v) is 4.33. The number of aromatic nitrogens is 2. The van der Waals surface area contributed by atoms with E-state index in [9.17, 15) is 4.79 Å². The lowest BCUT2D eigenvalue weighted by Gasteiger charge is -2.35. The van der Waals surface area contributed by atoms with Crippen molar-refractivity contribution >= 4 is 17.4 Å². The molecule has 106 valence electrons. The highest BCUT2D eigenvalue weighted by Gasteiger charge is 2.30. The molecule has 19 heavy (non-hydrogen) atoms. The Bertz CT molecular complexity index is 431. The van der Waals surface area contributed by atoms with E-state index in [4.69, 9.17) is 5.11 Å². The van der Waals surface area contributed by atoms with E-state index in [0.29, 0.717) is 11.3 Å². The smallest absolute Gasteiger partial charge is 0.267 e. The second-order valence-corrected chi connectivity index (χ2v) is 6.06. The van der Waals surface area contributed by atoms with E-state index in [2.05, 4.69) is 9.59 Å². The molecule has 6 heteroatoms. The number of aliphatic hydroxyl groups is 1. The van der Waals surface area contributed by atoms with E-state index in [0.717, 1.165) is 31.5 Å². The number of carbonyl (C=O) groups is 1. The highest BCUT2D eigenvalue weighted by molar-refractivity contribution is 7.08. The molecule has 1 aliphatic rings. The Morgan fingerprint density at radius 1 is 1.53 bits per heavy atom. The molecule has 0 aromatic carbocycles. The van der Waals surface area contributed by atoms with Crippen molar-refractivity contribution in [3.8, 4) is 0 Å². The van der Waals surface area contributed by atoms with Gasteiger partial charge in [-0.2, -0.15) is 0 Å². The van der Waals surface area contributed by atoms with E-state index in [1.165, 1.54) is 11.5 Å². The normalized spacial score (nSPS) is 20.0. The minimum Gasteiger partial charge on any atom is -0.396 e. The Morgan fingerprint density at radius 2 is 2.32 bits per heavy atom. The van der Waals surface area contributed by atoms with E-state index in [1.807, 2.05) is 18.7 Å². The van der Waals surface area contributed by atoms with Gasteiger partial charge in [0.05, 0.1) is 5.69 Å². The third-order valence-electron chi connectivity index (χ3n) is 3.60. The zero-order valence-electron chi connectivity index (χ0n) is 11.5. The lowest BCUT2D eigenvalue weighted by atomic mass is 9.99. The van der Waals surface area contributed by atoms with Gasteiger partial charge in [0.25, 0.3) is 5.91 Å². The van der Waals surface area contributed by atoms with Gasteiger partial charge in [-0.25, -0.2) is 0 Å². The highest BCUT2D eigenvalue weighted by atomic mass is 32.1. The molecule has 0 spiro atoms. The van der Waals surface area contributed by atoms with Crippen LogP contribution in [0.1, 0.15) is 60.8 Å². The fourth-order valence-corrected chi connectivity index (χ4v) is 3.35. The van der Waals surface area contributed by atoms with Crippen molar-refractivity contribution in [3.63, 3.8) is 0 Å². The number of piperidine rings is 1. The summed E-state index contributed by atoms with van der Waals surface area (Å²) < 4.78 is 3.93.